The predicted molar refractivity (Wildman–Crippen MR) is 233 cm³/mol. The topological polar surface area (TPSA) is 554 Å². The summed E-state index contributed by atoms with van der Waals surface area (Å²) >= 11 is 0. The molecule has 0 aromatic rings. The molecule has 0 aromatic heterocycles. The minimum absolute atomic E-state index is 1.09. The summed E-state index contributed by atoms with van der Waals surface area (Å²) in [7, 11) is 0. The van der Waals surface area contributed by atoms with Crippen LogP contribution in [0.1, 0.15) is 0 Å². The van der Waals surface area contributed by atoms with Gasteiger partial charge in [0, 0.05) is 0 Å². The maximum atomic E-state index is 14.3. The first-order chi connectivity index (χ1) is 38.2. The largest absolute Gasteiger partial charge is 0.417 e. The van der Waals surface area contributed by atoms with E-state index in [2.05, 4.69) is 0 Å². The van der Waals surface area contributed by atoms with Crippen LogP contribution in [0.3, 0.4) is 0 Å². The van der Waals surface area contributed by atoms with Crippen molar-refractivity contribution in [1.82, 2.24) is 0 Å². The fourth-order valence-electron chi connectivity index (χ4n) is 10.7. The van der Waals surface area contributed by atoms with Gasteiger partial charge in [-0.2, -0.15) is 13.2 Å². The van der Waals surface area contributed by atoms with Crippen molar-refractivity contribution in [2.24, 2.45) is 0 Å². The van der Waals surface area contributed by atoms with E-state index in [1.165, 1.54) is 0 Å². The van der Waals surface area contributed by atoms with Crippen LogP contribution in [0.25, 0.3) is 0 Å². The van der Waals surface area contributed by atoms with E-state index in [1.54, 1.807) is 0 Å². The average molecular weight is 1200 g/mol. The summed E-state index contributed by atoms with van der Waals surface area (Å²) < 4.78 is 121. The van der Waals surface area contributed by atoms with Gasteiger partial charge in [-0.15, -0.1) is 0 Å². The summed E-state index contributed by atoms with van der Waals surface area (Å²) in [4.78, 5) is 0. The van der Waals surface area contributed by atoms with Crippen LogP contribution in [-0.4, -0.2) is 374 Å². The van der Waals surface area contributed by atoms with Gasteiger partial charge < -0.3 is 174 Å². The second-order valence-corrected chi connectivity index (χ2v) is 20.4. The molecule has 0 radical (unpaired) electrons. The molecule has 14 bridgehead atoms. The second-order valence-electron chi connectivity index (χ2n) is 20.4. The number of hydrogen-bond acceptors (Lipinski definition) is 35. The summed E-state index contributed by atoms with van der Waals surface area (Å²) in [6, 6.07) is 0. The van der Waals surface area contributed by atoms with Crippen molar-refractivity contribution >= 4 is 0 Å². The van der Waals surface area contributed by atoms with Crippen LogP contribution in [0.5, 0.6) is 0 Å². The molecule has 21 aliphatic heterocycles. The normalized spacial score (nSPS) is 53.9. The lowest BCUT2D eigenvalue weighted by molar-refractivity contribution is -0.404. The zero-order valence-electron chi connectivity index (χ0n) is 41.8. The highest BCUT2D eigenvalue weighted by atomic mass is 19.4. The molecule has 21 N–H and O–H groups in total. The number of hydrogen-bond donors (Lipinski definition) is 21. The highest BCUT2D eigenvalue weighted by Gasteiger charge is 2.61. The first-order valence-corrected chi connectivity index (χ1v) is 25.3. The van der Waals surface area contributed by atoms with E-state index in [0.717, 1.165) is 0 Å². The Kier molecular flexibility index (Phi) is 21.6. The molecule has 0 aliphatic carbocycles. The molecule has 35 nitrogen and oxygen atoms in total. The van der Waals surface area contributed by atoms with E-state index in [4.69, 9.17) is 66.3 Å². The molecule has 38 heteroatoms. The Balaban J connectivity index is 1.10. The van der Waals surface area contributed by atoms with Gasteiger partial charge in [0.1, 0.15) is 171 Å². The van der Waals surface area contributed by atoms with Gasteiger partial charge in [0.05, 0.1) is 39.6 Å². The Morgan fingerprint density at radius 3 is 0.580 bits per heavy atom. The van der Waals surface area contributed by atoms with E-state index in [-0.39, 0.29) is 0 Å². The lowest BCUT2D eigenvalue weighted by atomic mass is 9.93. The van der Waals surface area contributed by atoms with Crippen molar-refractivity contribution in [3.63, 3.8) is 0 Å². The van der Waals surface area contributed by atoms with Crippen LogP contribution in [-0.2, 0) is 66.3 Å². The number of rotatable bonds is 7. The molecule has 1 unspecified atom stereocenters. The number of halogens is 3. The molecule has 21 fully saturated rings. The molecular weight excluding hydrogens is 1130 g/mol. The van der Waals surface area contributed by atoms with Gasteiger partial charge >= 0.3 is 6.18 Å². The molecule has 0 spiro atoms. The standard InChI is InChI=1S/C43H69F3O35/c44-43(45,46)35(67)34-33-19(59)26(66)42(81-34)79-32-12(6-52)72-40(24(64)17(32)57)77-30-10(4-50)70-38(22(62)15(30)55)75-28-8(2-48)68-36(20(60)13(28)53)74-27-7(1-47)69-37(21(61)14(27)54)76-29-9(3-49)71-39(23(63)16(29)56)78-31-11(5-51)73-41(80-33)25(65)18(31)58/h7-42,47-67H,1-6H2/t7-,8-,9-,10-,11-,12-,13-,14-,15-,16-,17-,18-,19-,20-,21-,22-,23-,24-,25-,26-,27-,28-,29-,30-,31-,32-,33+,34+,35?,36-,37-,38-,39-,40-,41-,42+/m1/s1. The Labute approximate surface area is 453 Å². The molecule has 472 valence electrons. The van der Waals surface area contributed by atoms with Gasteiger partial charge in [-0.05, 0) is 0 Å². The van der Waals surface area contributed by atoms with E-state index in [9.17, 15) is 120 Å². The fraction of sp³-hybridized carbons (Fsp3) is 1.00. The van der Waals surface area contributed by atoms with Crippen LogP contribution >= 0.6 is 0 Å². The molecule has 21 heterocycles. The Morgan fingerprint density at radius 2 is 0.407 bits per heavy atom. The molecule has 21 aliphatic rings. The van der Waals surface area contributed by atoms with Crippen molar-refractivity contribution < 1.29 is 187 Å². The molecule has 0 amide bonds. The third kappa shape index (κ3) is 12.9. The third-order valence-corrected chi connectivity index (χ3v) is 15.2. The van der Waals surface area contributed by atoms with E-state index < -0.39 is 267 Å². The fourth-order valence-corrected chi connectivity index (χ4v) is 10.7. The van der Waals surface area contributed by atoms with Crippen LogP contribution in [0, 0.1) is 0 Å². The van der Waals surface area contributed by atoms with Crippen LogP contribution in [0.2, 0.25) is 0 Å². The number of aliphatic hydroxyl groups excluding tert-OH is 21. The van der Waals surface area contributed by atoms with Gasteiger partial charge in [-0.25, -0.2) is 0 Å². The maximum Gasteiger partial charge on any atom is 0.417 e. The average Bonchev–Trinajstić information content (AvgIpc) is 3.54. The molecule has 81 heavy (non-hydrogen) atoms. The summed E-state index contributed by atoms with van der Waals surface area (Å²) in [5.74, 6) is 0. The zero-order valence-corrected chi connectivity index (χ0v) is 41.8. The smallest absolute Gasteiger partial charge is 0.394 e. The molecule has 0 saturated carbocycles. The van der Waals surface area contributed by atoms with Crippen LogP contribution < -0.4 is 0 Å². The monoisotopic (exact) mass is 1200 g/mol. The van der Waals surface area contributed by atoms with Crippen molar-refractivity contribution in [2.45, 2.75) is 227 Å². The highest BCUT2D eigenvalue weighted by Crippen LogP contribution is 2.40. The van der Waals surface area contributed by atoms with E-state index in [0.29, 0.717) is 0 Å². The maximum absolute atomic E-state index is 14.3. The van der Waals surface area contributed by atoms with Gasteiger partial charge in [0.25, 0.3) is 0 Å². The number of ether oxygens (including phenoxy) is 14. The predicted octanol–water partition coefficient (Wildman–Crippen LogP) is -14.3. The van der Waals surface area contributed by atoms with Crippen LogP contribution in [0.15, 0.2) is 0 Å². The van der Waals surface area contributed by atoms with Crippen molar-refractivity contribution in [2.75, 3.05) is 39.6 Å². The third-order valence-electron chi connectivity index (χ3n) is 15.2. The van der Waals surface area contributed by atoms with Gasteiger partial charge in [-0.3, -0.25) is 0 Å². The van der Waals surface area contributed by atoms with Crippen molar-refractivity contribution in [3.05, 3.63) is 0 Å². The lowest BCUT2D eigenvalue weighted by Gasteiger charge is -2.50. The van der Waals surface area contributed by atoms with Crippen LogP contribution in [0.4, 0.5) is 13.2 Å². The molecule has 21 rings (SSSR count). The summed E-state index contributed by atoms with van der Waals surface area (Å²) in [6.07, 6.45) is -87.2. The number of aliphatic hydroxyl groups is 21. The Morgan fingerprint density at radius 1 is 0.247 bits per heavy atom. The SMILES string of the molecule is OC[C@H]1O[C@@H]2O[C@H]3[C@H](O)[C@@H](O)[C@@H](O[C@H]4[C@H](O)[C@@H](O)[C@@H](O[C@H]5[C@H](O)[C@@H](O)[C@@H](O[C@H]6[C@H](O)[C@@H](O)[C@@H](O[C@H]7[C@H](O)[C@@H](O)[C@@H](O[C@H]8[C@H](O)[C@@H](O)[C@@H](O[C@H]1[C@H](O)[C@H]2O)O[C@@H]8C(O)C(F)(F)F)O[C@@H]7CO)O[C@@H]6CO)O[C@@H]5CO)O[C@@H]4CO)O[C@@H]3CO. The summed E-state index contributed by atoms with van der Waals surface area (Å²) in [5, 5.41) is 230. The van der Waals surface area contributed by atoms with Crippen molar-refractivity contribution in [3.8, 4) is 0 Å². The van der Waals surface area contributed by atoms with E-state index >= 15 is 0 Å². The van der Waals surface area contributed by atoms with Gasteiger partial charge in [0.15, 0.2) is 50.1 Å². The minimum atomic E-state index is -5.67. The highest BCUT2D eigenvalue weighted by molar-refractivity contribution is 5.03. The molecular formula is C43H69F3O35. The van der Waals surface area contributed by atoms with Crippen molar-refractivity contribution in [1.29, 1.82) is 0 Å². The lowest BCUT2D eigenvalue weighted by Crippen LogP contribution is -2.69. The molecule has 0 aromatic carbocycles. The minimum Gasteiger partial charge on any atom is -0.394 e. The zero-order chi connectivity index (χ0) is 59.4. The summed E-state index contributed by atoms with van der Waals surface area (Å²) in [6.45, 7) is -6.92. The quantitative estimate of drug-likeness (QED) is 0.113. The van der Waals surface area contributed by atoms with Gasteiger partial charge in [-0.1, -0.05) is 0 Å². The second kappa shape index (κ2) is 26.8. The Bertz CT molecular complexity index is 1960. The van der Waals surface area contributed by atoms with E-state index in [1.807, 2.05) is 0 Å². The van der Waals surface area contributed by atoms with Gasteiger partial charge in [0.2, 0.25) is 0 Å². The first kappa shape index (κ1) is 65.4. The number of alkyl halides is 3. The Hall–Kier alpha value is -1.61. The summed E-state index contributed by atoms with van der Waals surface area (Å²) in [5.41, 5.74) is 0. The first-order valence-electron chi connectivity index (χ1n) is 25.3. The molecule has 36 atom stereocenters. The molecule has 21 saturated heterocycles.